The highest BCUT2D eigenvalue weighted by Gasteiger charge is 2.11. The van der Waals surface area contributed by atoms with Crippen molar-refractivity contribution >= 4 is 13.9 Å². The zero-order valence-corrected chi connectivity index (χ0v) is 12.4. The van der Waals surface area contributed by atoms with Crippen LogP contribution < -0.4 is 5.30 Å². The van der Waals surface area contributed by atoms with E-state index in [0.29, 0.717) is 0 Å². The van der Waals surface area contributed by atoms with Gasteiger partial charge in [0.05, 0.1) is 0 Å². The quantitative estimate of drug-likeness (QED) is 0.613. The summed E-state index contributed by atoms with van der Waals surface area (Å²) < 4.78 is 0. The summed E-state index contributed by atoms with van der Waals surface area (Å²) in [7, 11) is 1.57. The zero-order valence-electron chi connectivity index (χ0n) is 11.5. The lowest BCUT2D eigenvalue weighted by molar-refractivity contribution is 0.585. The Balaban J connectivity index is 1.83. The van der Waals surface area contributed by atoms with Crippen molar-refractivity contribution in [1.82, 2.24) is 0 Å². The van der Waals surface area contributed by atoms with Gasteiger partial charge in [0.2, 0.25) is 0 Å². The van der Waals surface area contributed by atoms with Gasteiger partial charge in [-0.1, -0.05) is 81.7 Å². The number of hydrogen-bond acceptors (Lipinski definition) is 0. The highest BCUT2D eigenvalue weighted by Crippen LogP contribution is 2.29. The Morgan fingerprint density at radius 3 is 1.72 bits per heavy atom. The summed E-state index contributed by atoms with van der Waals surface area (Å²) in [6, 6.07) is 11.0. The minimum atomic E-state index is 0.908. The second-order valence-corrected chi connectivity index (χ2v) is 7.03. The molecule has 18 heavy (non-hydrogen) atoms. The van der Waals surface area contributed by atoms with Crippen LogP contribution in [0, 0.1) is 0 Å². The molecule has 1 aliphatic rings. The van der Waals surface area contributed by atoms with Crippen molar-refractivity contribution in [3.8, 4) is 0 Å². The Morgan fingerprint density at radius 2 is 1.17 bits per heavy atom. The summed E-state index contributed by atoms with van der Waals surface area (Å²) in [6.07, 6.45) is 14.6. The molecule has 1 aromatic rings. The summed E-state index contributed by atoms with van der Waals surface area (Å²) in [6.45, 7) is 0. The van der Waals surface area contributed by atoms with Gasteiger partial charge < -0.3 is 0 Å². The molecule has 0 atom stereocenters. The molecule has 0 N–H and O–H groups in total. The van der Waals surface area contributed by atoms with Gasteiger partial charge in [-0.15, -0.1) is 0 Å². The third-order valence-electron chi connectivity index (χ3n) is 3.91. The summed E-state index contributed by atoms with van der Waals surface area (Å²) in [5, 5.41) is 1.51. The van der Waals surface area contributed by atoms with Gasteiger partial charge >= 0.3 is 0 Å². The van der Waals surface area contributed by atoms with Crippen molar-refractivity contribution in [1.29, 1.82) is 0 Å². The predicted octanol–water partition coefficient (Wildman–Crippen LogP) is 5.54. The van der Waals surface area contributed by atoms with Gasteiger partial charge in [-0.05, 0) is 32.4 Å². The molecule has 1 saturated carbocycles. The van der Waals surface area contributed by atoms with E-state index in [1.165, 1.54) is 69.5 Å². The van der Waals surface area contributed by atoms with Crippen molar-refractivity contribution in [3.05, 3.63) is 30.3 Å². The monoisotopic (exact) mass is 261 g/mol. The van der Waals surface area contributed by atoms with E-state index >= 15 is 0 Å². The molecule has 1 aromatic carbocycles. The molecule has 1 heteroatoms. The van der Waals surface area contributed by atoms with Crippen molar-refractivity contribution in [2.24, 2.45) is 0 Å². The first-order chi connectivity index (χ1) is 8.95. The smallest absolute Gasteiger partial charge is 0.0127 e. The summed E-state index contributed by atoms with van der Waals surface area (Å²) in [4.78, 5) is 0. The van der Waals surface area contributed by atoms with E-state index in [1.807, 2.05) is 0 Å². The molecule has 1 radical (unpaired) electrons. The van der Waals surface area contributed by atoms with Gasteiger partial charge in [0.1, 0.15) is 0 Å². The van der Waals surface area contributed by atoms with E-state index in [9.17, 15) is 0 Å². The second-order valence-electron chi connectivity index (χ2n) is 5.52. The third kappa shape index (κ3) is 5.53. The van der Waals surface area contributed by atoms with E-state index in [0.717, 1.165) is 5.66 Å². The molecular weight excluding hydrogens is 235 g/mol. The molecule has 0 aromatic heterocycles. The number of hydrogen-bond donors (Lipinski definition) is 0. The lowest BCUT2D eigenvalue weighted by atomic mass is 10.1. The maximum absolute atomic E-state index is 2.28. The Bertz CT molecular complexity index is 295. The Hall–Kier alpha value is -0.350. The standard InChI is InChI=1S/C17H26P/c1-2-4-6-9-13-16(12-8-5-3-1)18-17-14-10-7-11-15-17/h7,10-11,14-16H,1-6,8-9,12-13H2. The Kier molecular flexibility index (Phi) is 6.80. The van der Waals surface area contributed by atoms with E-state index in [1.54, 1.807) is 8.58 Å². The molecule has 0 saturated heterocycles. The van der Waals surface area contributed by atoms with Crippen LogP contribution in [-0.4, -0.2) is 5.66 Å². The Morgan fingerprint density at radius 1 is 0.667 bits per heavy atom. The minimum Gasteiger partial charge on any atom is -0.0622 e. The minimum absolute atomic E-state index is 0.908. The predicted molar refractivity (Wildman–Crippen MR) is 83.0 cm³/mol. The van der Waals surface area contributed by atoms with Gasteiger partial charge in [0, 0.05) is 0 Å². The van der Waals surface area contributed by atoms with Gasteiger partial charge in [-0.25, -0.2) is 0 Å². The molecule has 0 spiro atoms. The van der Waals surface area contributed by atoms with E-state index in [-0.39, 0.29) is 0 Å². The molecule has 0 aliphatic heterocycles. The molecule has 99 valence electrons. The van der Waals surface area contributed by atoms with E-state index < -0.39 is 0 Å². The summed E-state index contributed by atoms with van der Waals surface area (Å²) in [5.74, 6) is 0. The summed E-state index contributed by atoms with van der Waals surface area (Å²) >= 11 is 0. The molecule has 1 aliphatic carbocycles. The van der Waals surface area contributed by atoms with Crippen LogP contribution in [-0.2, 0) is 0 Å². The van der Waals surface area contributed by atoms with Crippen molar-refractivity contribution in [3.63, 3.8) is 0 Å². The number of benzene rings is 1. The number of rotatable bonds is 2. The average Bonchev–Trinajstić information content (AvgIpc) is 2.46. The van der Waals surface area contributed by atoms with Crippen LogP contribution in [0.25, 0.3) is 0 Å². The largest absolute Gasteiger partial charge is 0.0622 e. The highest BCUT2D eigenvalue weighted by atomic mass is 31.1. The third-order valence-corrected chi connectivity index (χ3v) is 5.39. The van der Waals surface area contributed by atoms with Crippen molar-refractivity contribution in [2.75, 3.05) is 0 Å². The molecular formula is C17H26P. The van der Waals surface area contributed by atoms with Crippen LogP contribution in [0.1, 0.15) is 64.2 Å². The fourth-order valence-corrected chi connectivity index (χ4v) is 4.21. The van der Waals surface area contributed by atoms with Crippen LogP contribution in [0.2, 0.25) is 0 Å². The first-order valence-corrected chi connectivity index (χ1v) is 8.67. The van der Waals surface area contributed by atoms with Crippen molar-refractivity contribution in [2.45, 2.75) is 69.9 Å². The van der Waals surface area contributed by atoms with Gasteiger partial charge in [0.25, 0.3) is 0 Å². The Labute approximate surface area is 114 Å². The molecule has 0 nitrogen and oxygen atoms in total. The zero-order chi connectivity index (χ0) is 12.5. The molecule has 0 unspecified atom stereocenters. The topological polar surface area (TPSA) is 0 Å². The van der Waals surface area contributed by atoms with Crippen molar-refractivity contribution < 1.29 is 0 Å². The molecule has 2 rings (SSSR count). The maximum atomic E-state index is 2.28. The maximum Gasteiger partial charge on any atom is -0.0127 e. The lowest BCUT2D eigenvalue weighted by Gasteiger charge is -2.15. The average molecular weight is 261 g/mol. The normalized spacial score (nSPS) is 20.9. The van der Waals surface area contributed by atoms with Crippen LogP contribution in [0.4, 0.5) is 0 Å². The fourth-order valence-electron chi connectivity index (χ4n) is 2.82. The molecule has 1 fully saturated rings. The first-order valence-electron chi connectivity index (χ1n) is 7.71. The molecule has 0 amide bonds. The second kappa shape index (κ2) is 8.70. The van der Waals surface area contributed by atoms with Crippen LogP contribution >= 0.6 is 8.58 Å². The van der Waals surface area contributed by atoms with Gasteiger partial charge in [0.15, 0.2) is 0 Å². The SMILES string of the molecule is c1ccc([P]C2CCCCCCCCCC2)cc1. The van der Waals surface area contributed by atoms with Gasteiger partial charge in [-0.2, -0.15) is 0 Å². The summed E-state index contributed by atoms with van der Waals surface area (Å²) in [5.41, 5.74) is 0.908. The fraction of sp³-hybridized carbons (Fsp3) is 0.647. The first kappa shape index (κ1) is 14.1. The molecule has 0 bridgehead atoms. The van der Waals surface area contributed by atoms with E-state index in [2.05, 4.69) is 30.3 Å². The van der Waals surface area contributed by atoms with Crippen LogP contribution in [0.5, 0.6) is 0 Å². The van der Waals surface area contributed by atoms with Crippen LogP contribution in [0.15, 0.2) is 30.3 Å². The van der Waals surface area contributed by atoms with E-state index in [4.69, 9.17) is 0 Å². The van der Waals surface area contributed by atoms with Gasteiger partial charge in [-0.3, -0.25) is 0 Å². The van der Waals surface area contributed by atoms with Crippen LogP contribution in [0.3, 0.4) is 0 Å². The lowest BCUT2D eigenvalue weighted by Crippen LogP contribution is -2.06. The molecule has 0 heterocycles. The highest BCUT2D eigenvalue weighted by molar-refractivity contribution is 7.48.